The van der Waals surface area contributed by atoms with Crippen molar-refractivity contribution in [3.05, 3.63) is 11.8 Å². The van der Waals surface area contributed by atoms with E-state index in [1.807, 2.05) is 0 Å². The van der Waals surface area contributed by atoms with Crippen molar-refractivity contribution in [1.29, 1.82) is 0 Å². The maximum Gasteiger partial charge on any atom is 0.529 e. The Hall–Kier alpha value is -0.163. The van der Waals surface area contributed by atoms with E-state index in [0.717, 1.165) is 45.5 Å². The summed E-state index contributed by atoms with van der Waals surface area (Å²) in [5.41, 5.74) is 2.18. The van der Waals surface area contributed by atoms with E-state index < -0.39 is 8.80 Å². The summed E-state index contributed by atoms with van der Waals surface area (Å²) < 4.78 is 19.1. The van der Waals surface area contributed by atoms with Gasteiger partial charge in [-0.25, -0.2) is 0 Å². The van der Waals surface area contributed by atoms with E-state index in [2.05, 4.69) is 39.5 Å². The minimum atomic E-state index is -2.71. The molecule has 3 nitrogen and oxygen atoms in total. The average Bonchev–Trinajstić information content (AvgIpc) is 2.70. The van der Waals surface area contributed by atoms with Crippen LogP contribution in [0, 0.1) is 0 Å². The molecule has 0 aromatic heterocycles. The normalized spacial score (nSPS) is 12.3. The summed E-state index contributed by atoms with van der Waals surface area (Å²) in [4.78, 5) is 0. The molecule has 0 bridgehead atoms. The molecule has 0 atom stereocenters. The van der Waals surface area contributed by atoms with Gasteiger partial charge in [0.05, 0.1) is 0 Å². The summed E-state index contributed by atoms with van der Waals surface area (Å²) in [7, 11) is -2.71. The Morgan fingerprint density at radius 2 is 0.893 bits per heavy atom. The van der Waals surface area contributed by atoms with Crippen LogP contribution in [0.2, 0.25) is 0 Å². The lowest BCUT2D eigenvalue weighted by Crippen LogP contribution is -2.45. The van der Waals surface area contributed by atoms with E-state index >= 15 is 0 Å². The molecule has 0 spiro atoms. The van der Waals surface area contributed by atoms with Crippen molar-refractivity contribution in [2.75, 3.05) is 19.8 Å². The molecular weight excluding hydrogens is 364 g/mol. The van der Waals surface area contributed by atoms with E-state index in [4.69, 9.17) is 13.3 Å². The Morgan fingerprint density at radius 3 is 1.25 bits per heavy atom. The fourth-order valence-electron chi connectivity index (χ4n) is 3.05. The lowest BCUT2D eigenvalue weighted by molar-refractivity contribution is 0.0673. The largest absolute Gasteiger partial charge is 0.529 e. The van der Waals surface area contributed by atoms with Gasteiger partial charge in [0.15, 0.2) is 0 Å². The van der Waals surface area contributed by atoms with E-state index in [-0.39, 0.29) is 0 Å². The Bertz CT molecular complexity index is 298. The first kappa shape index (κ1) is 27.8. The smallest absolute Gasteiger partial charge is 0.370 e. The van der Waals surface area contributed by atoms with Gasteiger partial charge in [0.25, 0.3) is 0 Å². The van der Waals surface area contributed by atoms with Gasteiger partial charge in [-0.3, -0.25) is 0 Å². The van der Waals surface area contributed by atoms with Crippen LogP contribution in [0.25, 0.3) is 0 Å². The van der Waals surface area contributed by atoms with Crippen LogP contribution >= 0.6 is 0 Å². The van der Waals surface area contributed by atoms with Gasteiger partial charge in [0, 0.05) is 19.8 Å². The van der Waals surface area contributed by atoms with Crippen LogP contribution in [-0.4, -0.2) is 28.6 Å². The Labute approximate surface area is 178 Å². The third kappa shape index (κ3) is 16.8. The highest BCUT2D eigenvalue weighted by molar-refractivity contribution is 6.66. The first-order valence-electron chi connectivity index (χ1n) is 12.3. The van der Waals surface area contributed by atoms with Gasteiger partial charge in [-0.05, 0) is 31.4 Å². The summed E-state index contributed by atoms with van der Waals surface area (Å²) in [5.74, 6) is 0. The maximum atomic E-state index is 6.38. The molecule has 0 saturated carbocycles. The first-order chi connectivity index (χ1) is 13.7. The number of allylic oxidation sites excluding steroid dienone is 1. The molecular formula is C24H50O3Si. The predicted octanol–water partition coefficient (Wildman–Crippen LogP) is 8.00. The van der Waals surface area contributed by atoms with Crippen molar-refractivity contribution in [2.45, 2.75) is 124 Å². The lowest BCUT2D eigenvalue weighted by Gasteiger charge is -2.27. The fourth-order valence-corrected chi connectivity index (χ4v) is 5.33. The van der Waals surface area contributed by atoms with E-state index in [9.17, 15) is 0 Å². The van der Waals surface area contributed by atoms with Gasteiger partial charge < -0.3 is 13.3 Å². The molecule has 0 heterocycles. The van der Waals surface area contributed by atoms with Crippen molar-refractivity contribution in [1.82, 2.24) is 0 Å². The fraction of sp³-hybridized carbons (Fsp3) is 0.917. The summed E-state index contributed by atoms with van der Waals surface area (Å²) in [6.07, 6.45) is 20.3. The number of rotatable bonds is 22. The highest BCUT2D eigenvalue weighted by Crippen LogP contribution is 2.17. The van der Waals surface area contributed by atoms with Gasteiger partial charge in [-0.15, -0.1) is 0 Å². The van der Waals surface area contributed by atoms with Crippen molar-refractivity contribution in [3.63, 3.8) is 0 Å². The SMILES string of the molecule is CCCCC=C[Si](OCCCCCC)(OCCCCCC)OCCCCCC. The third-order valence-electron chi connectivity index (χ3n) is 4.95. The monoisotopic (exact) mass is 414 g/mol. The molecule has 0 amide bonds. The molecule has 0 aromatic carbocycles. The molecule has 0 unspecified atom stereocenters. The number of hydrogen-bond donors (Lipinski definition) is 0. The van der Waals surface area contributed by atoms with Crippen molar-refractivity contribution >= 4 is 8.80 Å². The van der Waals surface area contributed by atoms with Gasteiger partial charge in [-0.1, -0.05) is 104 Å². The molecule has 168 valence electrons. The average molecular weight is 415 g/mol. The summed E-state index contributed by atoms with van der Waals surface area (Å²) in [5, 5.41) is 0. The quantitative estimate of drug-likeness (QED) is 0.133. The van der Waals surface area contributed by atoms with Crippen LogP contribution in [0.3, 0.4) is 0 Å². The second-order valence-corrected chi connectivity index (χ2v) is 10.3. The molecule has 0 fully saturated rings. The third-order valence-corrected chi connectivity index (χ3v) is 7.41. The summed E-state index contributed by atoms with van der Waals surface area (Å²) in [6, 6.07) is 0. The van der Waals surface area contributed by atoms with Crippen molar-refractivity contribution in [2.24, 2.45) is 0 Å². The standard InChI is InChI=1S/C24H50O3Si/c1-5-9-13-17-21-25-28(24-20-16-12-8-4,26-22-18-14-10-6-2)27-23-19-15-11-7-3/h20,24H,5-19,21-23H2,1-4H3. The van der Waals surface area contributed by atoms with Crippen LogP contribution in [-0.2, 0) is 13.3 Å². The molecule has 0 saturated heterocycles. The zero-order valence-electron chi connectivity index (χ0n) is 19.6. The number of unbranched alkanes of at least 4 members (excludes halogenated alkanes) is 11. The Balaban J connectivity index is 4.78. The van der Waals surface area contributed by atoms with Crippen molar-refractivity contribution < 1.29 is 13.3 Å². The topological polar surface area (TPSA) is 27.7 Å². The van der Waals surface area contributed by atoms with Crippen LogP contribution in [0.5, 0.6) is 0 Å². The van der Waals surface area contributed by atoms with E-state index in [1.165, 1.54) is 70.6 Å². The zero-order chi connectivity index (χ0) is 20.8. The Morgan fingerprint density at radius 1 is 0.500 bits per heavy atom. The minimum Gasteiger partial charge on any atom is -0.370 e. The zero-order valence-corrected chi connectivity index (χ0v) is 20.6. The molecule has 0 rings (SSSR count). The van der Waals surface area contributed by atoms with Gasteiger partial charge in [0.1, 0.15) is 0 Å². The Kier molecular flexibility index (Phi) is 21.4. The van der Waals surface area contributed by atoms with E-state index in [1.54, 1.807) is 0 Å². The molecule has 0 aromatic rings. The molecule has 0 aliphatic carbocycles. The van der Waals surface area contributed by atoms with Gasteiger partial charge >= 0.3 is 8.80 Å². The van der Waals surface area contributed by atoms with Crippen LogP contribution in [0.4, 0.5) is 0 Å². The summed E-state index contributed by atoms with van der Waals surface area (Å²) >= 11 is 0. The molecule has 0 radical (unpaired) electrons. The summed E-state index contributed by atoms with van der Waals surface area (Å²) in [6.45, 7) is 11.2. The maximum absolute atomic E-state index is 6.38. The second-order valence-electron chi connectivity index (χ2n) is 7.88. The number of hydrogen-bond acceptors (Lipinski definition) is 3. The van der Waals surface area contributed by atoms with Crippen LogP contribution < -0.4 is 0 Å². The molecule has 0 N–H and O–H groups in total. The predicted molar refractivity (Wildman–Crippen MR) is 125 cm³/mol. The van der Waals surface area contributed by atoms with Crippen LogP contribution in [0.1, 0.15) is 124 Å². The highest BCUT2D eigenvalue weighted by atomic mass is 28.4. The molecule has 0 aliphatic rings. The first-order valence-corrected chi connectivity index (χ1v) is 14.1. The lowest BCUT2D eigenvalue weighted by atomic mass is 10.2. The molecule has 0 aliphatic heterocycles. The highest BCUT2D eigenvalue weighted by Gasteiger charge is 2.38. The van der Waals surface area contributed by atoms with Gasteiger partial charge in [-0.2, -0.15) is 0 Å². The van der Waals surface area contributed by atoms with Crippen LogP contribution in [0.15, 0.2) is 11.8 Å². The second kappa shape index (κ2) is 21.5. The van der Waals surface area contributed by atoms with Gasteiger partial charge in [0.2, 0.25) is 0 Å². The molecule has 28 heavy (non-hydrogen) atoms. The minimum absolute atomic E-state index is 0.758. The molecule has 4 heteroatoms. The van der Waals surface area contributed by atoms with Crippen molar-refractivity contribution in [3.8, 4) is 0 Å². The van der Waals surface area contributed by atoms with E-state index in [0.29, 0.717) is 0 Å².